The molecule has 1 aromatic heterocycles. The van der Waals surface area contributed by atoms with E-state index in [1.165, 1.54) is 12.8 Å². The molecule has 3 heterocycles. The van der Waals surface area contributed by atoms with E-state index in [2.05, 4.69) is 16.8 Å². The molecule has 2 aliphatic heterocycles. The highest BCUT2D eigenvalue weighted by molar-refractivity contribution is 5.94. The summed E-state index contributed by atoms with van der Waals surface area (Å²) in [4.78, 5) is 21.0. The van der Waals surface area contributed by atoms with E-state index in [-0.39, 0.29) is 5.91 Å². The maximum Gasteiger partial charge on any atom is 0.255 e. The lowest BCUT2D eigenvalue weighted by molar-refractivity contribution is 0.0792. The van der Waals surface area contributed by atoms with Crippen LogP contribution in [0.15, 0.2) is 18.3 Å². The number of pyridine rings is 1. The van der Waals surface area contributed by atoms with E-state index in [4.69, 9.17) is 0 Å². The smallest absolute Gasteiger partial charge is 0.255 e. The summed E-state index contributed by atoms with van der Waals surface area (Å²) in [5.41, 5.74) is 0.723. The summed E-state index contributed by atoms with van der Waals surface area (Å²) in [5.74, 6) is 1.87. The lowest BCUT2D eigenvalue weighted by Gasteiger charge is -2.31. The van der Waals surface area contributed by atoms with Crippen LogP contribution in [0.1, 0.15) is 43.0 Å². The summed E-state index contributed by atoms with van der Waals surface area (Å²) >= 11 is 0. The van der Waals surface area contributed by atoms with Crippen LogP contribution in [0.5, 0.6) is 0 Å². The molecule has 0 unspecified atom stereocenters. The number of piperidine rings is 1. The van der Waals surface area contributed by atoms with Gasteiger partial charge < -0.3 is 9.80 Å². The average Bonchev–Trinajstić information content (AvgIpc) is 3.01. The fourth-order valence-electron chi connectivity index (χ4n) is 3.20. The van der Waals surface area contributed by atoms with Crippen molar-refractivity contribution < 1.29 is 4.79 Å². The molecule has 3 rings (SSSR count). The third-order valence-electron chi connectivity index (χ3n) is 4.37. The van der Waals surface area contributed by atoms with Crippen molar-refractivity contribution >= 4 is 11.7 Å². The van der Waals surface area contributed by atoms with Crippen LogP contribution in [0.2, 0.25) is 0 Å². The fourth-order valence-corrected chi connectivity index (χ4v) is 3.20. The van der Waals surface area contributed by atoms with Gasteiger partial charge in [0.1, 0.15) is 5.82 Å². The molecule has 1 atom stereocenters. The van der Waals surface area contributed by atoms with Gasteiger partial charge in [-0.1, -0.05) is 6.92 Å². The third-order valence-corrected chi connectivity index (χ3v) is 4.37. The second-order valence-electron chi connectivity index (χ2n) is 6.10. The van der Waals surface area contributed by atoms with E-state index in [1.54, 1.807) is 6.20 Å². The molecular formula is C16H23N3O. The zero-order valence-electron chi connectivity index (χ0n) is 12.2. The number of aromatic nitrogens is 1. The Labute approximate surface area is 120 Å². The third kappa shape index (κ3) is 2.79. The molecule has 0 bridgehead atoms. The summed E-state index contributed by atoms with van der Waals surface area (Å²) in [6.45, 7) is 6.23. The molecule has 4 heteroatoms. The molecule has 2 saturated heterocycles. The maximum absolute atomic E-state index is 12.3. The predicted octanol–water partition coefficient (Wildman–Crippen LogP) is 2.55. The number of hydrogen-bond donors (Lipinski definition) is 0. The van der Waals surface area contributed by atoms with Crippen LogP contribution in [0.4, 0.5) is 5.82 Å². The van der Waals surface area contributed by atoms with Gasteiger partial charge in [0, 0.05) is 32.4 Å². The Morgan fingerprint density at radius 3 is 2.65 bits per heavy atom. The molecule has 20 heavy (non-hydrogen) atoms. The standard InChI is InChI=1S/C16H23N3O/c1-13-5-4-10-19(12-13)15-7-6-14(11-17-15)16(20)18-8-2-3-9-18/h6-7,11,13H,2-5,8-10,12H2,1H3/t13-/m1/s1. The molecule has 0 N–H and O–H groups in total. The molecule has 0 saturated carbocycles. The highest BCUT2D eigenvalue weighted by Crippen LogP contribution is 2.21. The Balaban J connectivity index is 1.69. The molecule has 2 fully saturated rings. The first-order chi connectivity index (χ1) is 9.74. The number of carbonyl (C=O) groups is 1. The summed E-state index contributed by atoms with van der Waals surface area (Å²) < 4.78 is 0. The topological polar surface area (TPSA) is 36.4 Å². The molecular weight excluding hydrogens is 250 g/mol. The Morgan fingerprint density at radius 1 is 1.20 bits per heavy atom. The van der Waals surface area contributed by atoms with E-state index in [0.29, 0.717) is 0 Å². The molecule has 108 valence electrons. The number of amides is 1. The minimum atomic E-state index is 0.133. The minimum absolute atomic E-state index is 0.133. The van der Waals surface area contributed by atoms with E-state index in [9.17, 15) is 4.79 Å². The molecule has 0 spiro atoms. The van der Waals surface area contributed by atoms with Gasteiger partial charge in [-0.15, -0.1) is 0 Å². The number of anilines is 1. The van der Waals surface area contributed by atoms with Crippen LogP contribution in [0.25, 0.3) is 0 Å². The molecule has 1 amide bonds. The summed E-state index contributed by atoms with van der Waals surface area (Å²) in [6, 6.07) is 3.93. The number of nitrogens with zero attached hydrogens (tertiary/aromatic N) is 3. The molecule has 2 aliphatic rings. The molecule has 0 aromatic carbocycles. The lowest BCUT2D eigenvalue weighted by Crippen LogP contribution is -2.35. The minimum Gasteiger partial charge on any atom is -0.356 e. The van der Waals surface area contributed by atoms with Crippen molar-refractivity contribution in [1.29, 1.82) is 0 Å². The van der Waals surface area contributed by atoms with Gasteiger partial charge >= 0.3 is 0 Å². The number of rotatable bonds is 2. The van der Waals surface area contributed by atoms with Crippen LogP contribution in [0, 0.1) is 5.92 Å². The van der Waals surface area contributed by atoms with Crippen molar-refractivity contribution in [3.8, 4) is 0 Å². The number of hydrogen-bond acceptors (Lipinski definition) is 3. The van der Waals surface area contributed by atoms with Crippen LogP contribution in [-0.2, 0) is 0 Å². The normalized spacial score (nSPS) is 23.1. The molecule has 4 nitrogen and oxygen atoms in total. The highest BCUT2D eigenvalue weighted by atomic mass is 16.2. The monoisotopic (exact) mass is 273 g/mol. The molecule has 0 aliphatic carbocycles. The predicted molar refractivity (Wildman–Crippen MR) is 80.0 cm³/mol. The quantitative estimate of drug-likeness (QED) is 0.831. The number of carbonyl (C=O) groups excluding carboxylic acids is 1. The van der Waals surface area contributed by atoms with Crippen LogP contribution >= 0.6 is 0 Å². The van der Waals surface area contributed by atoms with E-state index < -0.39 is 0 Å². The Hall–Kier alpha value is -1.58. The van der Waals surface area contributed by atoms with E-state index in [0.717, 1.165) is 56.3 Å². The van der Waals surface area contributed by atoms with Gasteiger partial charge in [0.05, 0.1) is 5.56 Å². The van der Waals surface area contributed by atoms with Crippen LogP contribution in [0.3, 0.4) is 0 Å². The van der Waals surface area contributed by atoms with Crippen molar-refractivity contribution in [2.24, 2.45) is 5.92 Å². The first kappa shape index (κ1) is 13.4. The fraction of sp³-hybridized carbons (Fsp3) is 0.625. The lowest BCUT2D eigenvalue weighted by atomic mass is 10.0. The van der Waals surface area contributed by atoms with Gasteiger partial charge in [0.15, 0.2) is 0 Å². The highest BCUT2D eigenvalue weighted by Gasteiger charge is 2.21. The Bertz CT molecular complexity index is 465. The summed E-state index contributed by atoms with van der Waals surface area (Å²) in [7, 11) is 0. The van der Waals surface area contributed by atoms with Crippen molar-refractivity contribution in [3.63, 3.8) is 0 Å². The Morgan fingerprint density at radius 2 is 2.00 bits per heavy atom. The van der Waals surface area contributed by atoms with Gasteiger partial charge in [-0.25, -0.2) is 4.98 Å². The first-order valence-corrected chi connectivity index (χ1v) is 7.74. The Kier molecular flexibility index (Phi) is 3.90. The first-order valence-electron chi connectivity index (χ1n) is 7.74. The van der Waals surface area contributed by atoms with Crippen molar-refractivity contribution in [3.05, 3.63) is 23.9 Å². The van der Waals surface area contributed by atoms with Gasteiger partial charge in [0.2, 0.25) is 0 Å². The van der Waals surface area contributed by atoms with Crippen molar-refractivity contribution in [2.45, 2.75) is 32.6 Å². The van der Waals surface area contributed by atoms with Gasteiger partial charge in [-0.3, -0.25) is 4.79 Å². The zero-order chi connectivity index (χ0) is 13.9. The van der Waals surface area contributed by atoms with Crippen molar-refractivity contribution in [1.82, 2.24) is 9.88 Å². The second-order valence-corrected chi connectivity index (χ2v) is 6.10. The van der Waals surface area contributed by atoms with Crippen LogP contribution in [-0.4, -0.2) is 42.0 Å². The van der Waals surface area contributed by atoms with Gasteiger partial charge in [-0.05, 0) is 43.7 Å². The van der Waals surface area contributed by atoms with Gasteiger partial charge in [0.25, 0.3) is 5.91 Å². The molecule has 0 radical (unpaired) electrons. The largest absolute Gasteiger partial charge is 0.356 e. The molecule has 1 aromatic rings. The van der Waals surface area contributed by atoms with Crippen molar-refractivity contribution in [2.75, 3.05) is 31.1 Å². The summed E-state index contributed by atoms with van der Waals surface area (Å²) in [6.07, 6.45) is 6.54. The zero-order valence-corrected chi connectivity index (χ0v) is 12.2. The average molecular weight is 273 g/mol. The van der Waals surface area contributed by atoms with E-state index in [1.807, 2.05) is 17.0 Å². The second kappa shape index (κ2) is 5.81. The number of likely N-dealkylation sites (tertiary alicyclic amines) is 1. The summed E-state index contributed by atoms with van der Waals surface area (Å²) in [5, 5.41) is 0. The SMILES string of the molecule is C[C@@H]1CCCN(c2ccc(C(=O)N3CCCC3)cn2)C1. The van der Waals surface area contributed by atoms with Gasteiger partial charge in [-0.2, -0.15) is 0 Å². The maximum atomic E-state index is 12.3. The van der Waals surface area contributed by atoms with Crippen LogP contribution < -0.4 is 4.90 Å². The van der Waals surface area contributed by atoms with E-state index >= 15 is 0 Å².